The monoisotopic (exact) mass is 488 g/mol. The number of pyridine rings is 1. The lowest BCUT2D eigenvalue weighted by Gasteiger charge is -2.25. The highest BCUT2D eigenvalue weighted by molar-refractivity contribution is 6.46. The van der Waals surface area contributed by atoms with E-state index in [4.69, 9.17) is 14.2 Å². The van der Waals surface area contributed by atoms with E-state index in [-0.39, 0.29) is 17.9 Å². The zero-order valence-corrected chi connectivity index (χ0v) is 20.4. The van der Waals surface area contributed by atoms with E-state index >= 15 is 0 Å². The van der Waals surface area contributed by atoms with Crippen LogP contribution >= 0.6 is 0 Å². The van der Waals surface area contributed by atoms with Gasteiger partial charge in [0.2, 0.25) is 0 Å². The van der Waals surface area contributed by atoms with Crippen molar-refractivity contribution < 1.29 is 28.9 Å². The van der Waals surface area contributed by atoms with Crippen molar-refractivity contribution >= 4 is 17.4 Å². The summed E-state index contributed by atoms with van der Waals surface area (Å²) in [5.41, 5.74) is 1.76. The molecule has 2 heterocycles. The Morgan fingerprint density at radius 3 is 2.42 bits per heavy atom. The number of methoxy groups -OCH3 is 2. The molecule has 2 aromatic carbocycles. The van der Waals surface area contributed by atoms with Crippen molar-refractivity contribution in [2.24, 2.45) is 0 Å². The van der Waals surface area contributed by atoms with Gasteiger partial charge in [0, 0.05) is 24.5 Å². The van der Waals surface area contributed by atoms with Crippen molar-refractivity contribution in [1.82, 2.24) is 9.88 Å². The number of carbonyl (C=O) groups is 2. The molecule has 0 aliphatic carbocycles. The molecule has 0 spiro atoms. The maximum absolute atomic E-state index is 13.3. The van der Waals surface area contributed by atoms with Crippen LogP contribution in [0, 0.1) is 0 Å². The minimum Gasteiger partial charge on any atom is -0.507 e. The number of hydrogen-bond donors (Lipinski definition) is 1. The summed E-state index contributed by atoms with van der Waals surface area (Å²) in [6.45, 7) is 2.76. The highest BCUT2D eigenvalue weighted by Crippen LogP contribution is 2.41. The normalized spacial score (nSPS) is 16.8. The lowest BCUT2D eigenvalue weighted by Crippen LogP contribution is -2.29. The Balaban J connectivity index is 1.82. The Morgan fingerprint density at radius 2 is 1.78 bits per heavy atom. The van der Waals surface area contributed by atoms with Crippen LogP contribution in [0.1, 0.15) is 36.1 Å². The Hall–Kier alpha value is -4.33. The zero-order chi connectivity index (χ0) is 25.7. The number of ether oxygens (including phenoxy) is 3. The molecule has 0 saturated carbocycles. The molecule has 1 atom stereocenters. The minimum absolute atomic E-state index is 0.00154. The summed E-state index contributed by atoms with van der Waals surface area (Å²) >= 11 is 0. The summed E-state index contributed by atoms with van der Waals surface area (Å²) in [6, 6.07) is 14.8. The molecule has 1 aromatic heterocycles. The molecule has 0 radical (unpaired) electrons. The van der Waals surface area contributed by atoms with Gasteiger partial charge in [0.15, 0.2) is 11.5 Å². The molecule has 8 heteroatoms. The van der Waals surface area contributed by atoms with Gasteiger partial charge in [0.1, 0.15) is 11.5 Å². The van der Waals surface area contributed by atoms with Gasteiger partial charge in [-0.3, -0.25) is 14.6 Å². The molecule has 3 aromatic rings. The number of ketones is 1. The lowest BCUT2D eigenvalue weighted by molar-refractivity contribution is -0.140. The first-order valence-corrected chi connectivity index (χ1v) is 11.6. The second kappa shape index (κ2) is 10.9. The van der Waals surface area contributed by atoms with Crippen molar-refractivity contribution in [3.05, 3.63) is 89.3 Å². The van der Waals surface area contributed by atoms with Crippen LogP contribution in [-0.4, -0.2) is 47.5 Å². The summed E-state index contributed by atoms with van der Waals surface area (Å²) in [7, 11) is 2.99. The molecule has 1 N–H and O–H groups in total. The third-order valence-corrected chi connectivity index (χ3v) is 5.94. The molecule has 8 nitrogen and oxygen atoms in total. The van der Waals surface area contributed by atoms with Crippen LogP contribution in [0.15, 0.2) is 72.6 Å². The van der Waals surface area contributed by atoms with Crippen LogP contribution < -0.4 is 14.2 Å². The lowest BCUT2D eigenvalue weighted by atomic mass is 9.95. The SMILES string of the molecule is CCCOc1ccc(C2C(=C(O)c3ccc(OC)c(OC)c3)C(=O)C(=O)N2Cc2cccnc2)cc1. The smallest absolute Gasteiger partial charge is 0.295 e. The Labute approximate surface area is 209 Å². The fourth-order valence-electron chi connectivity index (χ4n) is 4.18. The summed E-state index contributed by atoms with van der Waals surface area (Å²) < 4.78 is 16.3. The number of amides is 1. The predicted molar refractivity (Wildman–Crippen MR) is 134 cm³/mol. The van der Waals surface area contributed by atoms with Gasteiger partial charge in [-0.05, 0) is 53.9 Å². The molecular weight excluding hydrogens is 460 g/mol. The quantitative estimate of drug-likeness (QED) is 0.269. The first-order chi connectivity index (χ1) is 17.5. The first-order valence-electron chi connectivity index (χ1n) is 11.6. The van der Waals surface area contributed by atoms with E-state index in [1.807, 2.05) is 13.0 Å². The largest absolute Gasteiger partial charge is 0.507 e. The Bertz CT molecular complexity index is 1270. The molecule has 1 fully saturated rings. The summed E-state index contributed by atoms with van der Waals surface area (Å²) in [5, 5.41) is 11.3. The van der Waals surface area contributed by atoms with Crippen molar-refractivity contribution in [2.45, 2.75) is 25.9 Å². The highest BCUT2D eigenvalue weighted by Gasteiger charge is 2.46. The third kappa shape index (κ3) is 4.88. The standard InChI is InChI=1S/C28H28N2O6/c1-4-14-36-21-10-7-19(8-11-21)25-24(26(31)20-9-12-22(34-2)23(15-20)35-3)27(32)28(33)30(25)17-18-6-5-13-29-16-18/h5-13,15-16,25,31H,4,14,17H2,1-3H3. The number of rotatable bonds is 9. The number of aliphatic hydroxyl groups is 1. The van der Waals surface area contributed by atoms with Gasteiger partial charge in [-0.2, -0.15) is 0 Å². The highest BCUT2D eigenvalue weighted by atomic mass is 16.5. The molecule has 4 rings (SSSR count). The average molecular weight is 489 g/mol. The van der Waals surface area contributed by atoms with Gasteiger partial charge in [-0.1, -0.05) is 25.1 Å². The Kier molecular flexibility index (Phi) is 7.53. The van der Waals surface area contributed by atoms with Crippen molar-refractivity contribution in [2.75, 3.05) is 20.8 Å². The number of nitrogens with zero attached hydrogens (tertiary/aromatic N) is 2. The molecule has 1 aliphatic heterocycles. The molecule has 1 unspecified atom stereocenters. The maximum atomic E-state index is 13.3. The summed E-state index contributed by atoms with van der Waals surface area (Å²) in [5.74, 6) is -0.200. The average Bonchev–Trinajstić information content (AvgIpc) is 3.16. The molecule has 186 valence electrons. The Morgan fingerprint density at radius 1 is 1.03 bits per heavy atom. The summed E-state index contributed by atoms with van der Waals surface area (Å²) in [6.07, 6.45) is 4.16. The van der Waals surface area contributed by atoms with E-state index in [2.05, 4.69) is 4.98 Å². The number of aliphatic hydroxyl groups excluding tert-OH is 1. The fourth-order valence-corrected chi connectivity index (χ4v) is 4.18. The summed E-state index contributed by atoms with van der Waals surface area (Å²) in [4.78, 5) is 32.1. The molecular formula is C28H28N2O6. The minimum atomic E-state index is -0.807. The number of Topliss-reactive ketones (excluding diaryl/α,β-unsaturated/α-hetero) is 1. The molecule has 1 amide bonds. The molecule has 1 saturated heterocycles. The van der Waals surface area contributed by atoms with Gasteiger partial charge >= 0.3 is 0 Å². The first kappa shape index (κ1) is 24.8. The van der Waals surface area contributed by atoms with Crippen LogP contribution in [0.3, 0.4) is 0 Å². The van der Waals surface area contributed by atoms with Crippen molar-refractivity contribution in [3.63, 3.8) is 0 Å². The van der Waals surface area contributed by atoms with E-state index in [1.54, 1.807) is 60.9 Å². The number of benzene rings is 2. The van der Waals surface area contributed by atoms with Crippen molar-refractivity contribution in [1.29, 1.82) is 0 Å². The van der Waals surface area contributed by atoms with Crippen LogP contribution in [0.4, 0.5) is 0 Å². The van der Waals surface area contributed by atoms with Gasteiger partial charge < -0.3 is 24.2 Å². The fraction of sp³-hybridized carbons (Fsp3) is 0.250. The number of aromatic nitrogens is 1. The van der Waals surface area contributed by atoms with E-state index < -0.39 is 17.7 Å². The van der Waals surface area contributed by atoms with Crippen molar-refractivity contribution in [3.8, 4) is 17.2 Å². The second-order valence-electron chi connectivity index (χ2n) is 8.28. The van der Waals surface area contributed by atoms with E-state index in [1.165, 1.54) is 19.1 Å². The third-order valence-electron chi connectivity index (χ3n) is 5.94. The molecule has 0 bridgehead atoms. The topological polar surface area (TPSA) is 98.2 Å². The van der Waals surface area contributed by atoms with Crippen LogP contribution in [-0.2, 0) is 16.1 Å². The van der Waals surface area contributed by atoms with Gasteiger partial charge in [0.05, 0.1) is 32.4 Å². The van der Waals surface area contributed by atoms with Gasteiger partial charge in [0.25, 0.3) is 11.7 Å². The van der Waals surface area contributed by atoms with E-state index in [0.717, 1.165) is 12.0 Å². The predicted octanol–water partition coefficient (Wildman–Crippen LogP) is 4.51. The second-order valence-corrected chi connectivity index (χ2v) is 8.28. The number of likely N-dealkylation sites (tertiary alicyclic amines) is 1. The van der Waals surface area contributed by atoms with E-state index in [0.29, 0.717) is 35.0 Å². The van der Waals surface area contributed by atoms with Crippen LogP contribution in [0.25, 0.3) is 5.76 Å². The maximum Gasteiger partial charge on any atom is 0.295 e. The number of hydrogen-bond acceptors (Lipinski definition) is 7. The van der Waals surface area contributed by atoms with Crippen LogP contribution in [0.5, 0.6) is 17.2 Å². The zero-order valence-electron chi connectivity index (χ0n) is 20.4. The molecule has 36 heavy (non-hydrogen) atoms. The van der Waals surface area contributed by atoms with Gasteiger partial charge in [-0.15, -0.1) is 0 Å². The molecule has 1 aliphatic rings. The van der Waals surface area contributed by atoms with Crippen LogP contribution in [0.2, 0.25) is 0 Å². The number of carbonyl (C=O) groups excluding carboxylic acids is 2. The van der Waals surface area contributed by atoms with E-state index in [9.17, 15) is 14.7 Å². The van der Waals surface area contributed by atoms with Gasteiger partial charge in [-0.25, -0.2) is 0 Å².